The molecule has 5 aromatic rings. The van der Waals surface area contributed by atoms with Crippen molar-refractivity contribution in [3.63, 3.8) is 0 Å². The van der Waals surface area contributed by atoms with Crippen LogP contribution in [0.4, 0.5) is 10.1 Å². The third-order valence-electron chi connectivity index (χ3n) is 6.74. The molecule has 2 aromatic heterocycles. The van der Waals surface area contributed by atoms with Crippen molar-refractivity contribution in [2.24, 2.45) is 5.14 Å². The van der Waals surface area contributed by atoms with Gasteiger partial charge in [0.25, 0.3) is 5.91 Å². The molecule has 0 saturated carbocycles. The predicted octanol–water partition coefficient (Wildman–Crippen LogP) is 5.45. The molecule has 1 amide bonds. The zero-order valence-electron chi connectivity index (χ0n) is 22.1. The number of fused-ring (bicyclic) bond motifs is 1. The highest BCUT2D eigenvalue weighted by Gasteiger charge is 2.20. The second-order valence-electron chi connectivity index (χ2n) is 9.50. The summed E-state index contributed by atoms with van der Waals surface area (Å²) in [6.07, 6.45) is 3.07. The Morgan fingerprint density at radius 1 is 1.05 bits per heavy atom. The average molecular weight is 558 g/mol. The summed E-state index contributed by atoms with van der Waals surface area (Å²) in [5, 5.41) is 8.28. The molecule has 8 nitrogen and oxygen atoms in total. The number of primary sulfonamides is 1. The number of pyridine rings is 1. The first-order chi connectivity index (χ1) is 19.2. The number of nitrogens with zero attached hydrogens (tertiary/aromatic N) is 3. The van der Waals surface area contributed by atoms with Crippen LogP contribution in [0.2, 0.25) is 0 Å². The number of hydrogen-bond acceptors (Lipinski definition) is 5. The lowest BCUT2D eigenvalue weighted by molar-refractivity contribution is 0.102. The molecule has 3 aromatic carbocycles. The third kappa shape index (κ3) is 5.36. The molecule has 0 unspecified atom stereocenters. The van der Waals surface area contributed by atoms with Crippen molar-refractivity contribution in [2.75, 3.05) is 5.32 Å². The van der Waals surface area contributed by atoms with E-state index in [1.165, 1.54) is 12.1 Å². The minimum atomic E-state index is -3.98. The Morgan fingerprint density at radius 3 is 2.48 bits per heavy atom. The summed E-state index contributed by atoms with van der Waals surface area (Å²) in [6, 6.07) is 19.8. The lowest BCUT2D eigenvalue weighted by atomic mass is 10.0. The number of nitrogens with two attached hydrogens (primary N) is 1. The van der Waals surface area contributed by atoms with Crippen LogP contribution in [0.3, 0.4) is 0 Å². The molecule has 40 heavy (non-hydrogen) atoms. The SMILES string of the molecule is CCCc1nc2c(C)c(NC(=O)c3ccccc3)cnc2n1Cc1ccc(-c2ccccc2S(N)(=O)=O)cc1F. The van der Waals surface area contributed by atoms with Gasteiger partial charge >= 0.3 is 0 Å². The van der Waals surface area contributed by atoms with Gasteiger partial charge in [-0.3, -0.25) is 4.79 Å². The van der Waals surface area contributed by atoms with Crippen molar-refractivity contribution in [3.8, 4) is 11.1 Å². The van der Waals surface area contributed by atoms with E-state index in [-0.39, 0.29) is 17.3 Å². The van der Waals surface area contributed by atoms with Gasteiger partial charge < -0.3 is 9.88 Å². The Hall–Kier alpha value is -4.41. The highest BCUT2D eigenvalue weighted by atomic mass is 32.2. The van der Waals surface area contributed by atoms with Gasteiger partial charge in [-0.1, -0.05) is 55.5 Å². The topological polar surface area (TPSA) is 120 Å². The molecule has 0 aliphatic rings. The van der Waals surface area contributed by atoms with Crippen molar-refractivity contribution in [1.82, 2.24) is 14.5 Å². The lowest BCUT2D eigenvalue weighted by Crippen LogP contribution is -2.13. The van der Waals surface area contributed by atoms with Crippen molar-refractivity contribution < 1.29 is 17.6 Å². The second kappa shape index (κ2) is 11.0. The Labute approximate surface area is 231 Å². The summed E-state index contributed by atoms with van der Waals surface area (Å²) in [5.41, 5.74) is 4.20. The quantitative estimate of drug-likeness (QED) is 0.263. The summed E-state index contributed by atoms with van der Waals surface area (Å²) in [6.45, 7) is 4.08. The number of carbonyl (C=O) groups is 1. The molecular weight excluding hydrogens is 529 g/mol. The van der Waals surface area contributed by atoms with Crippen LogP contribution in [-0.4, -0.2) is 28.9 Å². The summed E-state index contributed by atoms with van der Waals surface area (Å²) in [5.74, 6) is 0.0152. The maximum Gasteiger partial charge on any atom is 0.255 e. The van der Waals surface area contributed by atoms with E-state index in [9.17, 15) is 13.2 Å². The summed E-state index contributed by atoms with van der Waals surface area (Å²) in [4.78, 5) is 22.1. The number of aromatic nitrogens is 3. The van der Waals surface area contributed by atoms with Gasteiger partial charge in [-0.2, -0.15) is 0 Å². The number of benzene rings is 3. The van der Waals surface area contributed by atoms with Gasteiger partial charge in [0, 0.05) is 28.7 Å². The van der Waals surface area contributed by atoms with Crippen LogP contribution in [-0.2, 0) is 23.0 Å². The second-order valence-corrected chi connectivity index (χ2v) is 11.0. The molecule has 0 spiro atoms. The van der Waals surface area contributed by atoms with E-state index in [2.05, 4.69) is 10.3 Å². The third-order valence-corrected chi connectivity index (χ3v) is 7.71. The number of amides is 1. The standard InChI is InChI=1S/C30H28FN5O3S/c1-3-9-27-35-28-19(2)25(34-30(37)20-10-5-4-6-11-20)17-33-29(28)36(27)18-22-15-14-21(16-24(22)31)23-12-7-8-13-26(23)40(32,38)39/h4-8,10-17H,3,9,18H2,1-2H3,(H,34,37)(H2,32,38,39). The minimum Gasteiger partial charge on any atom is -0.320 e. The Bertz CT molecular complexity index is 1840. The van der Waals surface area contributed by atoms with Crippen molar-refractivity contribution in [3.05, 3.63) is 107 Å². The Balaban J connectivity index is 1.50. The van der Waals surface area contributed by atoms with Crippen LogP contribution in [0.25, 0.3) is 22.3 Å². The van der Waals surface area contributed by atoms with Gasteiger partial charge in [-0.05, 0) is 43.2 Å². The maximum absolute atomic E-state index is 15.4. The number of sulfonamides is 1. The van der Waals surface area contributed by atoms with E-state index in [4.69, 9.17) is 10.1 Å². The predicted molar refractivity (Wildman–Crippen MR) is 153 cm³/mol. The van der Waals surface area contributed by atoms with Crippen molar-refractivity contribution >= 4 is 32.8 Å². The molecule has 2 heterocycles. The number of rotatable bonds is 8. The van der Waals surface area contributed by atoms with Gasteiger partial charge in [-0.15, -0.1) is 0 Å². The van der Waals surface area contributed by atoms with E-state index in [0.717, 1.165) is 17.8 Å². The van der Waals surface area contributed by atoms with E-state index in [1.807, 2.05) is 24.5 Å². The smallest absolute Gasteiger partial charge is 0.255 e. The molecule has 0 atom stereocenters. The largest absolute Gasteiger partial charge is 0.320 e. The molecule has 0 saturated heterocycles. The van der Waals surface area contributed by atoms with Gasteiger partial charge in [0.1, 0.15) is 17.2 Å². The first-order valence-corrected chi connectivity index (χ1v) is 14.3. The number of nitrogens with one attached hydrogen (secondary N) is 1. The fraction of sp³-hybridized carbons (Fsp3) is 0.167. The van der Waals surface area contributed by atoms with Crippen molar-refractivity contribution in [1.29, 1.82) is 0 Å². The number of halogens is 1. The first kappa shape index (κ1) is 27.2. The number of aryl methyl sites for hydroxylation is 2. The van der Waals surface area contributed by atoms with Crippen LogP contribution in [0.1, 0.15) is 40.7 Å². The molecule has 0 bridgehead atoms. The van der Waals surface area contributed by atoms with Crippen LogP contribution in [0.5, 0.6) is 0 Å². The van der Waals surface area contributed by atoms with Gasteiger partial charge in [0.15, 0.2) is 5.65 Å². The zero-order valence-corrected chi connectivity index (χ0v) is 22.9. The van der Waals surface area contributed by atoms with Crippen LogP contribution in [0, 0.1) is 12.7 Å². The van der Waals surface area contributed by atoms with Gasteiger partial charge in [0.2, 0.25) is 10.0 Å². The van der Waals surface area contributed by atoms with Gasteiger partial charge in [-0.25, -0.2) is 27.9 Å². The highest BCUT2D eigenvalue weighted by Crippen LogP contribution is 2.30. The fourth-order valence-electron chi connectivity index (χ4n) is 4.68. The fourth-order valence-corrected chi connectivity index (χ4v) is 5.44. The van der Waals surface area contributed by atoms with Crippen molar-refractivity contribution in [2.45, 2.75) is 38.1 Å². The monoisotopic (exact) mass is 557 g/mol. The first-order valence-electron chi connectivity index (χ1n) is 12.8. The molecule has 0 aliphatic carbocycles. The van der Waals surface area contributed by atoms with E-state index >= 15 is 4.39 Å². The van der Waals surface area contributed by atoms with Crippen LogP contribution < -0.4 is 10.5 Å². The average Bonchev–Trinajstić information content (AvgIpc) is 3.29. The zero-order chi connectivity index (χ0) is 28.4. The molecule has 10 heteroatoms. The molecule has 0 radical (unpaired) electrons. The number of imidazole rings is 1. The Morgan fingerprint density at radius 2 is 1.77 bits per heavy atom. The van der Waals surface area contributed by atoms with E-state index < -0.39 is 15.8 Å². The van der Waals surface area contributed by atoms with E-state index in [1.54, 1.807) is 60.8 Å². The normalized spacial score (nSPS) is 11.6. The molecule has 3 N–H and O–H groups in total. The molecule has 204 valence electrons. The van der Waals surface area contributed by atoms with Crippen LogP contribution in [0.15, 0.2) is 83.9 Å². The molecule has 0 aliphatic heterocycles. The summed E-state index contributed by atoms with van der Waals surface area (Å²) in [7, 11) is -3.98. The van der Waals surface area contributed by atoms with E-state index in [0.29, 0.717) is 45.5 Å². The molecular formula is C30H28FN5O3S. The molecule has 0 fully saturated rings. The minimum absolute atomic E-state index is 0.0668. The summed E-state index contributed by atoms with van der Waals surface area (Å²) < 4.78 is 41.4. The number of hydrogen-bond donors (Lipinski definition) is 2. The Kier molecular flexibility index (Phi) is 7.46. The van der Waals surface area contributed by atoms with Gasteiger partial charge in [0.05, 0.1) is 23.3 Å². The maximum atomic E-state index is 15.4. The van der Waals surface area contributed by atoms with Crippen LogP contribution >= 0.6 is 0 Å². The lowest BCUT2D eigenvalue weighted by Gasteiger charge is -2.13. The molecule has 5 rings (SSSR count). The number of anilines is 1. The number of carbonyl (C=O) groups excluding carboxylic acids is 1. The highest BCUT2D eigenvalue weighted by molar-refractivity contribution is 7.89. The summed E-state index contributed by atoms with van der Waals surface area (Å²) >= 11 is 0.